The van der Waals surface area contributed by atoms with Gasteiger partial charge in [-0.3, -0.25) is 0 Å². The van der Waals surface area contributed by atoms with Gasteiger partial charge in [0.1, 0.15) is 5.52 Å². The van der Waals surface area contributed by atoms with E-state index in [1.54, 1.807) is 0 Å². The summed E-state index contributed by atoms with van der Waals surface area (Å²) in [6.07, 6.45) is 0. The molecule has 0 aliphatic carbocycles. The summed E-state index contributed by atoms with van der Waals surface area (Å²) in [5.74, 6) is 0.330. The lowest BCUT2D eigenvalue weighted by Crippen LogP contribution is -2.10. The van der Waals surface area contributed by atoms with Crippen LogP contribution in [0, 0.1) is 0 Å². The summed E-state index contributed by atoms with van der Waals surface area (Å²) in [6.45, 7) is 6.47. The minimum Gasteiger partial charge on any atom is -0.434 e. The molecule has 2 N–H and O–H groups in total. The molecule has 2 rings (SSSR count). The maximum Gasteiger partial charge on any atom is 0.255 e. The maximum atomic E-state index is 5.48. The molecular formula is C12H14N2OS. The molecule has 0 spiro atoms. The van der Waals surface area contributed by atoms with Crippen molar-refractivity contribution >= 4 is 28.3 Å². The van der Waals surface area contributed by atoms with Gasteiger partial charge in [0.25, 0.3) is 5.89 Å². The van der Waals surface area contributed by atoms with Crippen LogP contribution in [-0.4, -0.2) is 9.97 Å². The molecule has 0 saturated carbocycles. The molecule has 0 atom stereocenters. The smallest absolute Gasteiger partial charge is 0.255 e. The van der Waals surface area contributed by atoms with E-state index in [2.05, 4.69) is 25.8 Å². The van der Waals surface area contributed by atoms with Crippen molar-refractivity contribution in [1.29, 1.82) is 0 Å². The quantitative estimate of drug-likeness (QED) is 0.771. The van der Waals surface area contributed by atoms with Gasteiger partial charge in [-0.1, -0.05) is 39.1 Å². The molecule has 4 heteroatoms. The third-order valence-corrected chi connectivity index (χ3v) is 2.64. The zero-order chi connectivity index (χ0) is 11.9. The van der Waals surface area contributed by atoms with Gasteiger partial charge in [0.2, 0.25) is 0 Å². The van der Waals surface area contributed by atoms with Gasteiger partial charge in [-0.15, -0.1) is 0 Å². The minimum atomic E-state index is 0.0938. The van der Waals surface area contributed by atoms with Gasteiger partial charge in [0, 0.05) is 0 Å². The Kier molecular flexibility index (Phi) is 2.46. The van der Waals surface area contributed by atoms with Crippen LogP contribution in [0.15, 0.2) is 22.6 Å². The molecule has 2 aromatic rings. The summed E-state index contributed by atoms with van der Waals surface area (Å²) in [5.41, 5.74) is 8.30. The zero-order valence-corrected chi connectivity index (χ0v) is 10.4. The molecule has 0 unspecified atom stereocenters. The number of oxazole rings is 1. The number of hydrogen-bond acceptors (Lipinski definition) is 3. The van der Waals surface area contributed by atoms with E-state index in [4.69, 9.17) is 22.4 Å². The molecule has 84 valence electrons. The van der Waals surface area contributed by atoms with E-state index in [-0.39, 0.29) is 10.4 Å². The van der Waals surface area contributed by atoms with Crippen molar-refractivity contribution in [2.75, 3.05) is 0 Å². The summed E-state index contributed by atoms with van der Waals surface area (Å²) in [5, 5.41) is 0. The van der Waals surface area contributed by atoms with Crippen molar-refractivity contribution in [1.82, 2.24) is 4.98 Å². The second kappa shape index (κ2) is 3.56. The molecule has 0 amide bonds. The summed E-state index contributed by atoms with van der Waals surface area (Å²) < 4.78 is 5.42. The highest BCUT2D eigenvalue weighted by Gasteiger charge is 2.16. The normalized spacial score (nSPS) is 11.9. The van der Waals surface area contributed by atoms with E-state index in [0.717, 1.165) is 11.1 Å². The first kappa shape index (κ1) is 11.1. The van der Waals surface area contributed by atoms with E-state index in [1.807, 2.05) is 18.2 Å². The fourth-order valence-electron chi connectivity index (χ4n) is 1.50. The number of thiocarbonyl (C=S) groups is 1. The van der Waals surface area contributed by atoms with E-state index in [9.17, 15) is 0 Å². The summed E-state index contributed by atoms with van der Waals surface area (Å²) in [4.78, 5) is 4.44. The molecule has 1 heterocycles. The zero-order valence-electron chi connectivity index (χ0n) is 9.57. The van der Waals surface area contributed by atoms with Crippen LogP contribution < -0.4 is 5.73 Å². The first-order valence-electron chi connectivity index (χ1n) is 5.09. The number of hydrogen-bond donors (Lipinski definition) is 1. The topological polar surface area (TPSA) is 52.0 Å². The van der Waals surface area contributed by atoms with Crippen LogP contribution in [0.1, 0.15) is 32.2 Å². The van der Waals surface area contributed by atoms with Crippen LogP contribution >= 0.6 is 12.2 Å². The molecular weight excluding hydrogens is 220 g/mol. The number of nitrogens with zero attached hydrogens (tertiary/aromatic N) is 1. The number of fused-ring (bicyclic) bond motifs is 1. The first-order chi connectivity index (χ1) is 7.38. The predicted molar refractivity (Wildman–Crippen MR) is 68.6 cm³/mol. The summed E-state index contributed by atoms with van der Waals surface area (Å²) in [7, 11) is 0. The molecule has 0 aliphatic heterocycles. The fourth-order valence-corrected chi connectivity index (χ4v) is 1.59. The Labute approximate surface area is 99.7 Å². The summed E-state index contributed by atoms with van der Waals surface area (Å²) in [6, 6.07) is 5.96. The van der Waals surface area contributed by atoms with Gasteiger partial charge in [-0.25, -0.2) is 4.98 Å². The van der Waals surface area contributed by atoms with Gasteiger partial charge >= 0.3 is 0 Å². The number of nitrogens with two attached hydrogens (primary N) is 1. The van der Waals surface area contributed by atoms with Gasteiger partial charge in [-0.2, -0.15) is 0 Å². The van der Waals surface area contributed by atoms with Crippen LogP contribution in [0.5, 0.6) is 0 Å². The van der Waals surface area contributed by atoms with Crippen molar-refractivity contribution in [3.8, 4) is 0 Å². The second-order valence-electron chi connectivity index (χ2n) is 4.82. The van der Waals surface area contributed by atoms with E-state index in [0.29, 0.717) is 5.89 Å². The monoisotopic (exact) mass is 234 g/mol. The predicted octanol–water partition coefficient (Wildman–Crippen LogP) is 2.76. The Balaban J connectivity index is 2.58. The Morgan fingerprint density at radius 1 is 1.38 bits per heavy atom. The molecule has 0 bridgehead atoms. The van der Waals surface area contributed by atoms with Crippen molar-refractivity contribution in [2.45, 2.75) is 26.2 Å². The Hall–Kier alpha value is -1.42. The fraction of sp³-hybridized carbons (Fsp3) is 0.333. The van der Waals surface area contributed by atoms with E-state index in [1.165, 1.54) is 5.56 Å². The number of aromatic nitrogens is 1. The maximum absolute atomic E-state index is 5.48. The largest absolute Gasteiger partial charge is 0.434 e. The molecule has 0 fully saturated rings. The lowest BCUT2D eigenvalue weighted by molar-refractivity contribution is 0.585. The average molecular weight is 234 g/mol. The molecule has 3 nitrogen and oxygen atoms in total. The van der Waals surface area contributed by atoms with Crippen LogP contribution in [0.4, 0.5) is 0 Å². The first-order valence-corrected chi connectivity index (χ1v) is 5.49. The third-order valence-electron chi connectivity index (χ3n) is 2.46. The van der Waals surface area contributed by atoms with Gasteiger partial charge in [0.05, 0.1) is 0 Å². The Morgan fingerprint density at radius 2 is 2.06 bits per heavy atom. The summed E-state index contributed by atoms with van der Waals surface area (Å²) >= 11 is 4.83. The van der Waals surface area contributed by atoms with Crippen molar-refractivity contribution in [3.63, 3.8) is 0 Å². The highest BCUT2D eigenvalue weighted by molar-refractivity contribution is 7.80. The highest BCUT2D eigenvalue weighted by Crippen LogP contribution is 2.26. The molecule has 0 saturated heterocycles. The van der Waals surface area contributed by atoms with Crippen LogP contribution in [0.3, 0.4) is 0 Å². The second-order valence-corrected chi connectivity index (χ2v) is 5.26. The SMILES string of the molecule is CC(C)(C)c1ccc2oc(C(N)=S)nc2c1. The average Bonchev–Trinajstić information content (AvgIpc) is 2.58. The number of rotatable bonds is 1. The number of benzene rings is 1. The molecule has 1 aromatic heterocycles. The van der Waals surface area contributed by atoms with Crippen molar-refractivity contribution in [2.24, 2.45) is 5.73 Å². The molecule has 0 aliphatic rings. The van der Waals surface area contributed by atoms with Crippen molar-refractivity contribution < 1.29 is 4.42 Å². The van der Waals surface area contributed by atoms with Gasteiger partial charge < -0.3 is 10.2 Å². The molecule has 1 aromatic carbocycles. The Morgan fingerprint density at radius 3 is 2.62 bits per heavy atom. The molecule has 16 heavy (non-hydrogen) atoms. The third kappa shape index (κ3) is 1.93. The van der Waals surface area contributed by atoms with Gasteiger partial charge in [-0.05, 0) is 23.1 Å². The van der Waals surface area contributed by atoms with Crippen LogP contribution in [0.2, 0.25) is 0 Å². The van der Waals surface area contributed by atoms with E-state index >= 15 is 0 Å². The molecule has 0 radical (unpaired) electrons. The van der Waals surface area contributed by atoms with E-state index < -0.39 is 0 Å². The van der Waals surface area contributed by atoms with Gasteiger partial charge in [0.15, 0.2) is 10.6 Å². The van der Waals surface area contributed by atoms with Crippen LogP contribution in [0.25, 0.3) is 11.1 Å². The standard InChI is InChI=1S/C12H14N2OS/c1-12(2,3)7-4-5-9-8(6-7)14-11(15-9)10(13)16/h4-6H,1-3H3,(H2,13,16). The lowest BCUT2D eigenvalue weighted by Gasteiger charge is -2.18. The minimum absolute atomic E-state index is 0.0938. The highest BCUT2D eigenvalue weighted by atomic mass is 32.1. The lowest BCUT2D eigenvalue weighted by atomic mass is 9.87. The van der Waals surface area contributed by atoms with Crippen LogP contribution in [-0.2, 0) is 5.41 Å². The Bertz CT molecular complexity index is 552. The van der Waals surface area contributed by atoms with Crippen molar-refractivity contribution in [3.05, 3.63) is 29.7 Å².